The van der Waals surface area contributed by atoms with Crippen LogP contribution in [0, 0.1) is 0 Å². The van der Waals surface area contributed by atoms with Crippen LogP contribution in [0.15, 0.2) is 36.4 Å². The molecule has 0 amide bonds. The zero-order chi connectivity index (χ0) is 11.3. The Balaban J connectivity index is 2.64. The van der Waals surface area contributed by atoms with Gasteiger partial charge in [0.2, 0.25) is 0 Å². The minimum absolute atomic E-state index is 0.209. The molecule has 0 fully saturated rings. The van der Waals surface area contributed by atoms with Gasteiger partial charge in [0, 0.05) is 6.42 Å². The van der Waals surface area contributed by atoms with Crippen LogP contribution in [0.2, 0.25) is 0 Å². The molecule has 0 aliphatic carbocycles. The molecule has 1 aromatic carbocycles. The first kappa shape index (κ1) is 11.7. The van der Waals surface area contributed by atoms with Crippen LogP contribution in [-0.4, -0.2) is 5.78 Å². The van der Waals surface area contributed by atoms with Crippen molar-refractivity contribution < 1.29 is 4.79 Å². The Morgan fingerprint density at radius 1 is 1.13 bits per heavy atom. The van der Waals surface area contributed by atoms with Crippen LogP contribution >= 0.6 is 0 Å². The van der Waals surface area contributed by atoms with Crippen molar-refractivity contribution in [1.82, 2.24) is 0 Å². The molecule has 0 N–H and O–H groups in total. The van der Waals surface area contributed by atoms with Crippen molar-refractivity contribution in [2.24, 2.45) is 0 Å². The standard InChI is InChI=1S/C14H18O/c1-4-11(2)9-13-5-7-14(8-6-13)10-12(3)15/h5-8H,2,4,9-10H2,1,3H3. The Labute approximate surface area is 91.8 Å². The third-order valence-corrected chi connectivity index (χ3v) is 2.43. The summed E-state index contributed by atoms with van der Waals surface area (Å²) in [6, 6.07) is 8.22. The summed E-state index contributed by atoms with van der Waals surface area (Å²) < 4.78 is 0. The Morgan fingerprint density at radius 3 is 2.00 bits per heavy atom. The lowest BCUT2D eigenvalue weighted by atomic mass is 10.0. The van der Waals surface area contributed by atoms with Gasteiger partial charge in [-0.1, -0.05) is 43.3 Å². The number of carbonyl (C=O) groups excluding carboxylic acids is 1. The summed E-state index contributed by atoms with van der Waals surface area (Å²) in [5.74, 6) is 0.209. The van der Waals surface area contributed by atoms with Gasteiger partial charge in [-0.15, -0.1) is 0 Å². The molecule has 0 aliphatic heterocycles. The number of Topliss-reactive ketones (excluding diaryl/α,β-unsaturated/α-hetero) is 1. The van der Waals surface area contributed by atoms with E-state index in [-0.39, 0.29) is 5.78 Å². The number of hydrogen-bond acceptors (Lipinski definition) is 1. The first-order valence-electron chi connectivity index (χ1n) is 5.35. The summed E-state index contributed by atoms with van der Waals surface area (Å²) in [6.07, 6.45) is 2.50. The number of rotatable bonds is 5. The highest BCUT2D eigenvalue weighted by Crippen LogP contribution is 2.11. The highest BCUT2D eigenvalue weighted by molar-refractivity contribution is 5.78. The highest BCUT2D eigenvalue weighted by atomic mass is 16.1. The highest BCUT2D eigenvalue weighted by Gasteiger charge is 1.99. The first-order valence-corrected chi connectivity index (χ1v) is 5.35. The van der Waals surface area contributed by atoms with Gasteiger partial charge in [0.1, 0.15) is 5.78 Å². The maximum atomic E-state index is 10.9. The lowest BCUT2D eigenvalue weighted by Gasteiger charge is -2.04. The van der Waals surface area contributed by atoms with Crippen molar-refractivity contribution in [2.45, 2.75) is 33.1 Å². The topological polar surface area (TPSA) is 17.1 Å². The minimum Gasteiger partial charge on any atom is -0.300 e. The van der Waals surface area contributed by atoms with Gasteiger partial charge in [-0.3, -0.25) is 4.79 Å². The van der Waals surface area contributed by atoms with E-state index in [2.05, 4.69) is 25.6 Å². The quantitative estimate of drug-likeness (QED) is 0.669. The molecule has 0 saturated carbocycles. The van der Waals surface area contributed by atoms with Crippen LogP contribution < -0.4 is 0 Å². The van der Waals surface area contributed by atoms with E-state index in [9.17, 15) is 4.79 Å². The third kappa shape index (κ3) is 4.11. The Hall–Kier alpha value is -1.37. The Morgan fingerprint density at radius 2 is 1.60 bits per heavy atom. The van der Waals surface area contributed by atoms with Crippen LogP contribution in [0.3, 0.4) is 0 Å². The van der Waals surface area contributed by atoms with Crippen molar-refractivity contribution in [3.05, 3.63) is 47.5 Å². The molecule has 0 unspecified atom stereocenters. The third-order valence-electron chi connectivity index (χ3n) is 2.43. The zero-order valence-corrected chi connectivity index (χ0v) is 9.55. The zero-order valence-electron chi connectivity index (χ0n) is 9.55. The lowest BCUT2D eigenvalue weighted by molar-refractivity contribution is -0.116. The van der Waals surface area contributed by atoms with E-state index in [1.54, 1.807) is 6.92 Å². The van der Waals surface area contributed by atoms with Crippen LogP contribution in [0.4, 0.5) is 0 Å². The molecule has 0 heterocycles. The largest absolute Gasteiger partial charge is 0.300 e. The summed E-state index contributed by atoms with van der Waals surface area (Å²) in [5.41, 5.74) is 3.61. The number of benzene rings is 1. The fourth-order valence-corrected chi connectivity index (χ4v) is 1.48. The van der Waals surface area contributed by atoms with E-state index < -0.39 is 0 Å². The maximum absolute atomic E-state index is 10.9. The van der Waals surface area contributed by atoms with E-state index in [1.165, 1.54) is 11.1 Å². The minimum atomic E-state index is 0.209. The second-order valence-corrected chi connectivity index (χ2v) is 3.98. The molecule has 1 rings (SSSR count). The van der Waals surface area contributed by atoms with E-state index in [1.807, 2.05) is 12.1 Å². The van der Waals surface area contributed by atoms with Gasteiger partial charge in [-0.05, 0) is 30.9 Å². The van der Waals surface area contributed by atoms with Crippen LogP contribution in [0.25, 0.3) is 0 Å². The van der Waals surface area contributed by atoms with Crippen LogP contribution in [0.5, 0.6) is 0 Å². The molecule has 0 bridgehead atoms. The molecule has 1 aromatic rings. The maximum Gasteiger partial charge on any atom is 0.134 e. The molecule has 1 heteroatoms. The summed E-state index contributed by atoms with van der Waals surface area (Å²) in [5, 5.41) is 0. The second-order valence-electron chi connectivity index (χ2n) is 3.98. The predicted octanol–water partition coefficient (Wildman–Crippen LogP) is 3.33. The van der Waals surface area contributed by atoms with E-state index in [0.717, 1.165) is 18.4 Å². The van der Waals surface area contributed by atoms with Crippen molar-refractivity contribution >= 4 is 5.78 Å². The van der Waals surface area contributed by atoms with Crippen LogP contribution in [-0.2, 0) is 17.6 Å². The molecule has 0 saturated heterocycles. The van der Waals surface area contributed by atoms with E-state index in [4.69, 9.17) is 0 Å². The summed E-state index contributed by atoms with van der Waals surface area (Å²) in [6.45, 7) is 7.72. The smallest absolute Gasteiger partial charge is 0.134 e. The average Bonchev–Trinajstić information content (AvgIpc) is 2.20. The van der Waals surface area contributed by atoms with Gasteiger partial charge in [0.25, 0.3) is 0 Å². The van der Waals surface area contributed by atoms with Gasteiger partial charge in [-0.2, -0.15) is 0 Å². The molecule has 0 radical (unpaired) electrons. The molecular weight excluding hydrogens is 184 g/mol. The fourth-order valence-electron chi connectivity index (χ4n) is 1.48. The Kier molecular flexibility index (Phi) is 4.29. The number of ketones is 1. The monoisotopic (exact) mass is 202 g/mol. The molecular formula is C14H18O. The van der Waals surface area contributed by atoms with Gasteiger partial charge in [0.15, 0.2) is 0 Å². The van der Waals surface area contributed by atoms with Gasteiger partial charge in [0.05, 0.1) is 0 Å². The average molecular weight is 202 g/mol. The number of hydrogen-bond donors (Lipinski definition) is 0. The van der Waals surface area contributed by atoms with Crippen molar-refractivity contribution in [3.63, 3.8) is 0 Å². The van der Waals surface area contributed by atoms with Crippen molar-refractivity contribution in [2.75, 3.05) is 0 Å². The normalized spacial score (nSPS) is 10.0. The lowest BCUT2D eigenvalue weighted by Crippen LogP contribution is -1.96. The first-order chi connectivity index (χ1) is 7.11. The molecule has 0 spiro atoms. The molecule has 0 aromatic heterocycles. The Bertz CT molecular complexity index is 346. The fraction of sp³-hybridized carbons (Fsp3) is 0.357. The SMILES string of the molecule is C=C(CC)Cc1ccc(CC(C)=O)cc1. The van der Waals surface area contributed by atoms with Crippen molar-refractivity contribution in [3.8, 4) is 0 Å². The summed E-state index contributed by atoms with van der Waals surface area (Å²) >= 11 is 0. The number of carbonyl (C=O) groups is 1. The molecule has 1 nitrogen and oxygen atoms in total. The molecule has 80 valence electrons. The van der Waals surface area contributed by atoms with E-state index in [0.29, 0.717) is 6.42 Å². The van der Waals surface area contributed by atoms with Gasteiger partial charge >= 0.3 is 0 Å². The van der Waals surface area contributed by atoms with Gasteiger partial charge in [-0.25, -0.2) is 0 Å². The van der Waals surface area contributed by atoms with Gasteiger partial charge < -0.3 is 0 Å². The van der Waals surface area contributed by atoms with E-state index >= 15 is 0 Å². The molecule has 0 aliphatic rings. The second kappa shape index (κ2) is 5.50. The molecule has 15 heavy (non-hydrogen) atoms. The van der Waals surface area contributed by atoms with Crippen LogP contribution in [0.1, 0.15) is 31.4 Å². The summed E-state index contributed by atoms with van der Waals surface area (Å²) in [4.78, 5) is 10.9. The predicted molar refractivity (Wildman–Crippen MR) is 64.0 cm³/mol. The summed E-state index contributed by atoms with van der Waals surface area (Å²) in [7, 11) is 0. The molecule has 0 atom stereocenters. The van der Waals surface area contributed by atoms with Crippen molar-refractivity contribution in [1.29, 1.82) is 0 Å². The number of allylic oxidation sites excluding steroid dienone is 1.